The van der Waals surface area contributed by atoms with Crippen molar-refractivity contribution in [3.8, 4) is 0 Å². The molecule has 3 aliphatic rings. The zero-order chi connectivity index (χ0) is 23.9. The molecular formula is C27H40O4SeSi. The van der Waals surface area contributed by atoms with E-state index in [2.05, 4.69) is 71.9 Å². The van der Waals surface area contributed by atoms with E-state index in [0.29, 0.717) is 0 Å². The molecule has 2 saturated heterocycles. The Kier molecular flexibility index (Phi) is 7.34. The first-order valence-corrected chi connectivity index (χ1v) is 16.9. The molecule has 1 aromatic carbocycles. The van der Waals surface area contributed by atoms with Crippen LogP contribution in [-0.4, -0.2) is 53.2 Å². The van der Waals surface area contributed by atoms with Gasteiger partial charge in [-0.3, -0.25) is 0 Å². The fourth-order valence-corrected chi connectivity index (χ4v) is 11.9. The van der Waals surface area contributed by atoms with Gasteiger partial charge in [-0.05, 0) is 0 Å². The van der Waals surface area contributed by atoms with E-state index in [1.165, 1.54) is 10.0 Å². The van der Waals surface area contributed by atoms with Gasteiger partial charge in [0.2, 0.25) is 0 Å². The Morgan fingerprint density at radius 3 is 2.45 bits per heavy atom. The van der Waals surface area contributed by atoms with Gasteiger partial charge < -0.3 is 0 Å². The van der Waals surface area contributed by atoms with Crippen LogP contribution in [0.3, 0.4) is 0 Å². The summed E-state index contributed by atoms with van der Waals surface area (Å²) in [4.78, 5) is 13.8. The molecule has 6 heteroatoms. The second-order valence-corrected chi connectivity index (χ2v) is 18.1. The quantitative estimate of drug-likeness (QED) is 0.174. The maximum atomic E-state index is 13.8. The van der Waals surface area contributed by atoms with Gasteiger partial charge in [-0.15, -0.1) is 0 Å². The van der Waals surface area contributed by atoms with Crippen molar-refractivity contribution in [1.29, 1.82) is 0 Å². The summed E-state index contributed by atoms with van der Waals surface area (Å²) in [5.41, 5.74) is 1.08. The van der Waals surface area contributed by atoms with Crippen molar-refractivity contribution >= 4 is 33.7 Å². The van der Waals surface area contributed by atoms with Crippen LogP contribution in [0.5, 0.6) is 0 Å². The molecule has 0 radical (unpaired) electrons. The predicted octanol–water partition coefficient (Wildman–Crippen LogP) is 5.41. The Hall–Kier alpha value is -0.914. The fraction of sp³-hybridized carbons (Fsp3) is 0.667. The minimum absolute atomic E-state index is 0.00114. The van der Waals surface area contributed by atoms with Crippen LogP contribution in [0.15, 0.2) is 42.0 Å². The Bertz CT molecular complexity index is 873. The molecule has 4 rings (SSSR count). The molecule has 1 aromatic rings. The number of ether oxygens (including phenoxy) is 2. The van der Waals surface area contributed by atoms with Crippen LogP contribution in [0.25, 0.3) is 0 Å². The molecular weight excluding hydrogens is 495 g/mol. The number of epoxide rings is 1. The van der Waals surface area contributed by atoms with E-state index in [-0.39, 0.29) is 50.8 Å². The van der Waals surface area contributed by atoms with Gasteiger partial charge in [0.15, 0.2) is 0 Å². The van der Waals surface area contributed by atoms with Crippen LogP contribution < -0.4 is 4.46 Å². The number of carbonyl (C=O) groups excluding carboxylic acids is 1. The number of carbonyl (C=O) groups is 1. The minimum atomic E-state index is -1.89. The molecule has 0 bridgehead atoms. The average molecular weight is 536 g/mol. The Morgan fingerprint density at radius 1 is 1.18 bits per heavy atom. The van der Waals surface area contributed by atoms with E-state index in [0.717, 1.165) is 37.4 Å². The van der Waals surface area contributed by atoms with E-state index in [1.54, 1.807) is 0 Å². The zero-order valence-corrected chi connectivity index (χ0v) is 23.8. The number of fused-ring (bicyclic) bond motifs is 2. The maximum absolute atomic E-state index is 13.8. The summed E-state index contributed by atoms with van der Waals surface area (Å²) in [6.45, 7) is 13.3. The van der Waals surface area contributed by atoms with E-state index < -0.39 is 12.6 Å². The molecule has 1 aliphatic carbocycles. The molecule has 0 amide bonds. The van der Waals surface area contributed by atoms with Gasteiger partial charge in [0.25, 0.3) is 0 Å². The van der Waals surface area contributed by atoms with Crippen LogP contribution in [0.1, 0.15) is 60.8 Å². The molecule has 0 aromatic heterocycles. The molecule has 1 saturated carbocycles. The van der Waals surface area contributed by atoms with Crippen LogP contribution in [0.4, 0.5) is 0 Å². The monoisotopic (exact) mass is 536 g/mol. The summed E-state index contributed by atoms with van der Waals surface area (Å²) in [7, 11) is -1.89. The zero-order valence-electron chi connectivity index (χ0n) is 21.1. The van der Waals surface area contributed by atoms with Crippen LogP contribution in [0, 0.1) is 5.92 Å². The van der Waals surface area contributed by atoms with Crippen LogP contribution in [0.2, 0.25) is 22.4 Å². The van der Waals surface area contributed by atoms with Gasteiger partial charge in [0, 0.05) is 0 Å². The van der Waals surface area contributed by atoms with E-state index in [4.69, 9.17) is 13.9 Å². The van der Waals surface area contributed by atoms with Gasteiger partial charge in [-0.2, -0.15) is 0 Å². The van der Waals surface area contributed by atoms with Crippen molar-refractivity contribution in [3.05, 3.63) is 42.0 Å². The molecule has 2 aliphatic heterocycles. The summed E-state index contributed by atoms with van der Waals surface area (Å²) in [5, 5.41) is 0. The summed E-state index contributed by atoms with van der Waals surface area (Å²) >= 11 is -0.0423. The van der Waals surface area contributed by atoms with E-state index in [9.17, 15) is 4.79 Å². The Labute approximate surface area is 207 Å². The number of rotatable bonds is 10. The number of benzene rings is 1. The average Bonchev–Trinajstić information content (AvgIpc) is 3.41. The first-order chi connectivity index (χ1) is 15.7. The second-order valence-electron chi connectivity index (χ2n) is 10.5. The van der Waals surface area contributed by atoms with Gasteiger partial charge in [-0.25, -0.2) is 0 Å². The third-order valence-electron chi connectivity index (χ3n) is 8.17. The van der Waals surface area contributed by atoms with Crippen molar-refractivity contribution in [2.75, 3.05) is 0 Å². The summed E-state index contributed by atoms with van der Waals surface area (Å²) in [6, 6.07) is 13.8. The van der Waals surface area contributed by atoms with Gasteiger partial charge in [0.1, 0.15) is 0 Å². The number of esters is 1. The van der Waals surface area contributed by atoms with Crippen molar-refractivity contribution < 1.29 is 18.7 Å². The fourth-order valence-electron chi connectivity index (χ4n) is 5.94. The number of hydrogen-bond donors (Lipinski definition) is 0. The second kappa shape index (κ2) is 9.62. The van der Waals surface area contributed by atoms with E-state index >= 15 is 0 Å². The summed E-state index contributed by atoms with van der Waals surface area (Å²) in [5.74, 6) is 0.0617. The molecule has 2 heterocycles. The standard InChI is InChI=1S/C27H40O4SeSi/c1-7-33(8-2,9-3)31-23-22-21(18-26(6)24(23)30-26)29-25(28)27(22,17-13-14-19(4)5)32-20-15-11-10-12-16-20/h10-12,14-16,21-24H,7-9,13,17-18H2,1-6H3/t21-,22-,23-,24-,26+,27?/m0/s1. The van der Waals surface area contributed by atoms with Crippen LogP contribution in [-0.2, 0) is 18.7 Å². The van der Waals surface area contributed by atoms with Gasteiger partial charge in [-0.1, -0.05) is 0 Å². The third-order valence-corrected chi connectivity index (χ3v) is 16.0. The first-order valence-electron chi connectivity index (χ1n) is 12.7. The molecule has 33 heavy (non-hydrogen) atoms. The normalized spacial score (nSPS) is 34.9. The molecule has 3 fully saturated rings. The molecule has 6 atom stereocenters. The molecule has 182 valence electrons. The molecule has 1 unspecified atom stereocenters. The third kappa shape index (κ3) is 4.66. The van der Waals surface area contributed by atoms with Crippen LogP contribution >= 0.6 is 0 Å². The van der Waals surface area contributed by atoms with Crippen molar-refractivity contribution in [3.63, 3.8) is 0 Å². The van der Waals surface area contributed by atoms with Gasteiger partial charge in [0.05, 0.1) is 0 Å². The van der Waals surface area contributed by atoms with Gasteiger partial charge >= 0.3 is 207 Å². The van der Waals surface area contributed by atoms with Crippen molar-refractivity contribution in [2.24, 2.45) is 5.92 Å². The number of hydrogen-bond acceptors (Lipinski definition) is 4. The summed E-state index contributed by atoms with van der Waals surface area (Å²) in [6.07, 6.45) is 4.69. The first kappa shape index (κ1) is 25.2. The molecule has 4 nitrogen and oxygen atoms in total. The molecule has 0 N–H and O–H groups in total. The SMILES string of the molecule is CC[Si](CC)(CC)O[C@H]1[C@@H]2[C@H](C[C@@]3(C)O[C@@H]13)OC(=O)C2(CCC=C(C)C)[Se]c1ccccc1. The Morgan fingerprint density at radius 2 is 1.85 bits per heavy atom. The van der Waals surface area contributed by atoms with Crippen molar-refractivity contribution in [2.45, 2.75) is 107 Å². The van der Waals surface area contributed by atoms with Crippen molar-refractivity contribution in [1.82, 2.24) is 0 Å². The number of allylic oxidation sites excluding steroid dienone is 2. The topological polar surface area (TPSA) is 48.1 Å². The predicted molar refractivity (Wildman–Crippen MR) is 137 cm³/mol. The van der Waals surface area contributed by atoms with E-state index in [1.807, 2.05) is 6.07 Å². The Balaban J connectivity index is 1.75. The summed E-state index contributed by atoms with van der Waals surface area (Å²) < 4.78 is 20.5. The molecule has 0 spiro atoms.